The van der Waals surface area contributed by atoms with Gasteiger partial charge in [-0.1, -0.05) is 25.0 Å². The summed E-state index contributed by atoms with van der Waals surface area (Å²) in [6.45, 7) is 8.90. The number of hydrogen-bond donors (Lipinski definition) is 1. The fraction of sp³-hybridized carbons (Fsp3) is 0.842. The Labute approximate surface area is 141 Å². The number of nitrogens with one attached hydrogen (secondary N) is 1. The summed E-state index contributed by atoms with van der Waals surface area (Å²) in [5.74, 6) is 0. The summed E-state index contributed by atoms with van der Waals surface area (Å²) in [4.78, 5) is 14.6. The van der Waals surface area contributed by atoms with Gasteiger partial charge >= 0.3 is 6.09 Å². The molecule has 0 aromatic heterocycles. The van der Waals surface area contributed by atoms with Gasteiger partial charge in [-0.25, -0.2) is 4.79 Å². The predicted molar refractivity (Wildman–Crippen MR) is 94.6 cm³/mol. The third-order valence-electron chi connectivity index (χ3n) is 4.66. The zero-order chi connectivity index (χ0) is 16.9. The van der Waals surface area contributed by atoms with Crippen LogP contribution in [0.5, 0.6) is 0 Å². The lowest BCUT2D eigenvalue weighted by Crippen LogP contribution is -2.46. The second kappa shape index (κ2) is 8.18. The smallest absolute Gasteiger partial charge is 0.410 e. The van der Waals surface area contributed by atoms with E-state index in [0.717, 1.165) is 38.6 Å². The Morgan fingerprint density at radius 3 is 2.61 bits per heavy atom. The van der Waals surface area contributed by atoms with Crippen LogP contribution in [0.4, 0.5) is 4.79 Å². The Morgan fingerprint density at radius 2 is 1.96 bits per heavy atom. The van der Waals surface area contributed by atoms with Gasteiger partial charge in [-0.2, -0.15) is 0 Å². The molecule has 23 heavy (non-hydrogen) atoms. The number of carbonyl (C=O) groups is 1. The molecule has 1 N–H and O–H groups in total. The maximum absolute atomic E-state index is 12.6. The molecule has 0 saturated carbocycles. The lowest BCUT2D eigenvalue weighted by Gasteiger charge is -2.34. The van der Waals surface area contributed by atoms with E-state index in [-0.39, 0.29) is 6.09 Å². The highest BCUT2D eigenvalue weighted by Gasteiger charge is 2.30. The largest absolute Gasteiger partial charge is 0.444 e. The van der Waals surface area contributed by atoms with Crippen LogP contribution in [0.2, 0.25) is 0 Å². The highest BCUT2D eigenvalue weighted by atomic mass is 16.6. The topological polar surface area (TPSA) is 41.6 Å². The summed E-state index contributed by atoms with van der Waals surface area (Å²) in [5, 5.41) is 3.71. The summed E-state index contributed by atoms with van der Waals surface area (Å²) >= 11 is 0. The monoisotopic (exact) mass is 322 g/mol. The zero-order valence-electron chi connectivity index (χ0n) is 15.3. The summed E-state index contributed by atoms with van der Waals surface area (Å²) in [5.41, 5.74) is -0.423. The Hall–Kier alpha value is -1.03. The van der Waals surface area contributed by atoms with Gasteiger partial charge in [0.2, 0.25) is 0 Å². The van der Waals surface area contributed by atoms with Gasteiger partial charge in [-0.05, 0) is 59.8 Å². The summed E-state index contributed by atoms with van der Waals surface area (Å²) in [7, 11) is 0. The van der Waals surface area contributed by atoms with Gasteiger partial charge in [-0.15, -0.1) is 0 Å². The van der Waals surface area contributed by atoms with Crippen LogP contribution in [0.3, 0.4) is 0 Å². The van der Waals surface area contributed by atoms with Crippen LogP contribution < -0.4 is 5.32 Å². The molecule has 2 aliphatic rings. The fourth-order valence-electron chi connectivity index (χ4n) is 3.62. The first kappa shape index (κ1) is 18.3. The number of hydrogen-bond acceptors (Lipinski definition) is 3. The van der Waals surface area contributed by atoms with E-state index in [0.29, 0.717) is 18.1 Å². The molecule has 2 rings (SSSR count). The van der Waals surface area contributed by atoms with Crippen LogP contribution >= 0.6 is 0 Å². The SMILES string of the molecule is CC(CC1CCCCCN1C(=O)OC(C)(C)C)NC1CC=CC1. The van der Waals surface area contributed by atoms with Crippen molar-refractivity contribution in [3.05, 3.63) is 12.2 Å². The van der Waals surface area contributed by atoms with Crippen molar-refractivity contribution in [2.24, 2.45) is 0 Å². The molecule has 0 aromatic rings. The molecule has 2 unspecified atom stereocenters. The maximum atomic E-state index is 12.6. The molecule has 4 heteroatoms. The lowest BCUT2D eigenvalue weighted by molar-refractivity contribution is 0.0149. The fourth-order valence-corrected chi connectivity index (χ4v) is 3.62. The summed E-state index contributed by atoms with van der Waals surface area (Å²) < 4.78 is 5.63. The number of ether oxygens (including phenoxy) is 1. The molecule has 1 saturated heterocycles. The van der Waals surface area contributed by atoms with Crippen molar-refractivity contribution < 1.29 is 9.53 Å². The van der Waals surface area contributed by atoms with Gasteiger partial charge in [0, 0.05) is 24.7 Å². The molecule has 0 bridgehead atoms. The molecule has 1 aliphatic heterocycles. The van der Waals surface area contributed by atoms with Gasteiger partial charge in [0.05, 0.1) is 0 Å². The first-order valence-corrected chi connectivity index (χ1v) is 9.26. The minimum absolute atomic E-state index is 0.140. The molecule has 1 amide bonds. The Morgan fingerprint density at radius 1 is 1.26 bits per heavy atom. The maximum Gasteiger partial charge on any atom is 0.410 e. The van der Waals surface area contributed by atoms with Gasteiger partial charge < -0.3 is 15.0 Å². The standard InChI is InChI=1S/C19H34N2O2/c1-15(20-16-10-7-8-11-16)14-17-12-6-5-9-13-21(17)18(22)23-19(2,3)4/h7-8,15-17,20H,5-6,9-14H2,1-4H3. The van der Waals surface area contributed by atoms with Crippen molar-refractivity contribution in [1.29, 1.82) is 0 Å². The number of amides is 1. The number of likely N-dealkylation sites (tertiary alicyclic amines) is 1. The molecular formula is C19H34N2O2. The third kappa shape index (κ3) is 6.17. The van der Waals surface area contributed by atoms with Gasteiger partial charge in [0.1, 0.15) is 5.60 Å². The van der Waals surface area contributed by atoms with Crippen molar-refractivity contribution >= 4 is 6.09 Å². The third-order valence-corrected chi connectivity index (χ3v) is 4.66. The van der Waals surface area contributed by atoms with E-state index in [1.807, 2.05) is 25.7 Å². The van der Waals surface area contributed by atoms with Crippen LogP contribution in [0.15, 0.2) is 12.2 Å². The average Bonchev–Trinajstić information content (AvgIpc) is 2.81. The molecule has 1 aliphatic carbocycles. The summed E-state index contributed by atoms with van der Waals surface area (Å²) in [6.07, 6.45) is 12.2. The molecule has 0 aromatic carbocycles. The van der Waals surface area contributed by atoms with E-state index in [4.69, 9.17) is 4.74 Å². The molecule has 1 fully saturated rings. The van der Waals surface area contributed by atoms with Crippen LogP contribution in [0.1, 0.15) is 72.6 Å². The van der Waals surface area contributed by atoms with E-state index in [1.165, 1.54) is 12.8 Å². The van der Waals surface area contributed by atoms with Crippen LogP contribution in [-0.4, -0.2) is 41.3 Å². The molecule has 132 valence electrons. The van der Waals surface area contributed by atoms with Crippen molar-refractivity contribution in [3.63, 3.8) is 0 Å². The van der Waals surface area contributed by atoms with Crippen LogP contribution in [0, 0.1) is 0 Å². The second-order valence-corrected chi connectivity index (χ2v) is 8.12. The molecule has 0 spiro atoms. The van der Waals surface area contributed by atoms with Crippen molar-refractivity contribution in [2.45, 2.75) is 96.4 Å². The quantitative estimate of drug-likeness (QED) is 0.787. The number of rotatable bonds is 4. The van der Waals surface area contributed by atoms with E-state index in [1.54, 1.807) is 0 Å². The molecule has 4 nitrogen and oxygen atoms in total. The Balaban J connectivity index is 1.92. The molecule has 2 atom stereocenters. The van der Waals surface area contributed by atoms with Gasteiger partial charge in [0.25, 0.3) is 0 Å². The Bertz CT molecular complexity index is 406. The zero-order valence-corrected chi connectivity index (χ0v) is 15.3. The average molecular weight is 322 g/mol. The highest BCUT2D eigenvalue weighted by molar-refractivity contribution is 5.68. The van der Waals surface area contributed by atoms with E-state index >= 15 is 0 Å². The molecule has 1 heterocycles. The van der Waals surface area contributed by atoms with Crippen molar-refractivity contribution in [1.82, 2.24) is 10.2 Å². The van der Waals surface area contributed by atoms with Gasteiger partial charge in [0.15, 0.2) is 0 Å². The molecular weight excluding hydrogens is 288 g/mol. The van der Waals surface area contributed by atoms with Gasteiger partial charge in [-0.3, -0.25) is 0 Å². The minimum atomic E-state index is -0.423. The van der Waals surface area contributed by atoms with Crippen molar-refractivity contribution in [2.75, 3.05) is 6.54 Å². The normalized spacial score (nSPS) is 24.5. The van der Waals surface area contributed by atoms with Crippen LogP contribution in [0.25, 0.3) is 0 Å². The lowest BCUT2D eigenvalue weighted by atomic mass is 10.0. The first-order valence-electron chi connectivity index (χ1n) is 9.26. The van der Waals surface area contributed by atoms with E-state index in [9.17, 15) is 4.79 Å². The predicted octanol–water partition coefficient (Wildman–Crippen LogP) is 4.25. The molecule has 0 radical (unpaired) electrons. The highest BCUT2D eigenvalue weighted by Crippen LogP contribution is 2.23. The van der Waals surface area contributed by atoms with E-state index < -0.39 is 5.60 Å². The minimum Gasteiger partial charge on any atom is -0.444 e. The second-order valence-electron chi connectivity index (χ2n) is 8.12. The van der Waals surface area contributed by atoms with E-state index in [2.05, 4.69) is 24.4 Å². The van der Waals surface area contributed by atoms with Crippen molar-refractivity contribution in [3.8, 4) is 0 Å². The van der Waals surface area contributed by atoms with Crippen LogP contribution in [-0.2, 0) is 4.74 Å². The Kier molecular flexibility index (Phi) is 6.51. The first-order chi connectivity index (χ1) is 10.8. The number of carbonyl (C=O) groups excluding carboxylic acids is 1. The number of nitrogens with zero attached hydrogens (tertiary/aromatic N) is 1. The summed E-state index contributed by atoms with van der Waals surface area (Å²) in [6, 6.07) is 1.29.